The maximum Gasteiger partial charge on any atom is 0.274 e. The number of rotatable bonds is 6. The quantitative estimate of drug-likeness (QED) is 0.388. The molecule has 0 saturated carbocycles. The highest BCUT2D eigenvalue weighted by atomic mass is 127. The molecule has 0 radical (unpaired) electrons. The molecule has 11 heteroatoms. The number of hydrogen-bond donors (Lipinski definition) is 2. The molecular formula is C20H16ClI2N5O3. The highest BCUT2D eigenvalue weighted by Crippen LogP contribution is 2.27. The molecule has 160 valence electrons. The Labute approximate surface area is 210 Å². The van der Waals surface area contributed by atoms with E-state index in [9.17, 15) is 14.4 Å². The zero-order valence-electron chi connectivity index (χ0n) is 16.4. The molecule has 0 aliphatic rings. The highest BCUT2D eigenvalue weighted by Gasteiger charge is 2.22. The second-order valence-electron chi connectivity index (χ2n) is 6.54. The SMILES string of the molecule is CC(=O)CNC(=O)c1cc(I)cc(I)c1NC(=O)c1cc(C)nn1-c1ncccc1Cl. The lowest BCUT2D eigenvalue weighted by atomic mass is 10.1. The molecule has 2 amide bonds. The summed E-state index contributed by atoms with van der Waals surface area (Å²) in [7, 11) is 0. The van der Waals surface area contributed by atoms with Gasteiger partial charge in [-0.2, -0.15) is 5.10 Å². The number of aryl methyl sites for hydroxylation is 1. The molecular weight excluding hydrogens is 648 g/mol. The van der Waals surface area contributed by atoms with Crippen LogP contribution in [0.3, 0.4) is 0 Å². The van der Waals surface area contributed by atoms with Gasteiger partial charge in [0, 0.05) is 13.3 Å². The molecule has 3 aromatic rings. The maximum atomic E-state index is 13.2. The molecule has 0 aliphatic carbocycles. The number of benzene rings is 1. The Morgan fingerprint density at radius 3 is 2.58 bits per heavy atom. The van der Waals surface area contributed by atoms with Crippen LogP contribution in [0.25, 0.3) is 5.82 Å². The summed E-state index contributed by atoms with van der Waals surface area (Å²) in [5, 5.41) is 10.0. The van der Waals surface area contributed by atoms with Gasteiger partial charge in [-0.3, -0.25) is 14.4 Å². The summed E-state index contributed by atoms with van der Waals surface area (Å²) < 4.78 is 2.85. The topological polar surface area (TPSA) is 106 Å². The molecule has 2 aromatic heterocycles. The Morgan fingerprint density at radius 2 is 1.90 bits per heavy atom. The van der Waals surface area contributed by atoms with Crippen molar-refractivity contribution in [2.45, 2.75) is 13.8 Å². The van der Waals surface area contributed by atoms with E-state index in [4.69, 9.17) is 11.6 Å². The number of carbonyl (C=O) groups excluding carboxylic acids is 3. The third kappa shape index (κ3) is 5.60. The van der Waals surface area contributed by atoms with E-state index in [-0.39, 0.29) is 23.6 Å². The van der Waals surface area contributed by atoms with Gasteiger partial charge in [-0.25, -0.2) is 9.67 Å². The molecule has 0 fully saturated rings. The maximum absolute atomic E-state index is 13.2. The summed E-state index contributed by atoms with van der Waals surface area (Å²) in [5.41, 5.74) is 1.40. The van der Waals surface area contributed by atoms with Crippen molar-refractivity contribution in [3.8, 4) is 5.82 Å². The van der Waals surface area contributed by atoms with E-state index in [1.807, 2.05) is 28.7 Å². The highest BCUT2D eigenvalue weighted by molar-refractivity contribution is 14.1. The smallest absolute Gasteiger partial charge is 0.274 e. The molecule has 31 heavy (non-hydrogen) atoms. The van der Waals surface area contributed by atoms with Crippen molar-refractivity contribution in [2.24, 2.45) is 0 Å². The number of nitrogens with one attached hydrogen (secondary N) is 2. The first kappa shape index (κ1) is 23.6. The Kier molecular flexibility index (Phi) is 7.64. The minimum Gasteiger partial charge on any atom is -0.345 e. The molecule has 2 heterocycles. The van der Waals surface area contributed by atoms with Crippen LogP contribution in [-0.4, -0.2) is 38.9 Å². The Bertz CT molecular complexity index is 1200. The molecule has 0 unspecified atom stereocenters. The van der Waals surface area contributed by atoms with Gasteiger partial charge in [-0.1, -0.05) is 11.6 Å². The number of Topliss-reactive ketones (excluding diaryl/α,β-unsaturated/α-hetero) is 1. The third-order valence-electron chi connectivity index (χ3n) is 4.04. The molecule has 3 rings (SSSR count). The van der Waals surface area contributed by atoms with E-state index < -0.39 is 11.8 Å². The van der Waals surface area contributed by atoms with Crippen molar-refractivity contribution in [1.29, 1.82) is 0 Å². The van der Waals surface area contributed by atoms with Crippen LogP contribution >= 0.6 is 56.8 Å². The number of amides is 2. The summed E-state index contributed by atoms with van der Waals surface area (Å²) in [5.74, 6) is -0.800. The lowest BCUT2D eigenvalue weighted by molar-refractivity contribution is -0.116. The number of aromatic nitrogens is 3. The number of carbonyl (C=O) groups is 3. The minimum atomic E-state index is -0.484. The fourth-order valence-corrected chi connectivity index (χ4v) is 4.89. The van der Waals surface area contributed by atoms with Gasteiger partial charge in [0.1, 0.15) is 11.5 Å². The standard InChI is InChI=1S/C20H16ClI2N5O3/c1-10-6-16(28(27-10)18-14(21)4-3-5-24-18)20(31)26-17-13(7-12(22)8-15(17)23)19(30)25-9-11(2)29/h3-8H,9H2,1-2H3,(H,25,30)(H,26,31). The van der Waals surface area contributed by atoms with Crippen molar-refractivity contribution in [3.63, 3.8) is 0 Å². The summed E-state index contributed by atoms with van der Waals surface area (Å²) in [6, 6.07) is 8.42. The largest absolute Gasteiger partial charge is 0.345 e. The molecule has 2 N–H and O–H groups in total. The number of ketones is 1. The summed E-state index contributed by atoms with van der Waals surface area (Å²) in [6.07, 6.45) is 1.56. The average molecular weight is 664 g/mol. The van der Waals surface area contributed by atoms with E-state index in [1.54, 1.807) is 37.4 Å². The zero-order valence-corrected chi connectivity index (χ0v) is 21.4. The lowest BCUT2D eigenvalue weighted by Gasteiger charge is -2.14. The van der Waals surface area contributed by atoms with E-state index in [2.05, 4.69) is 43.3 Å². The first-order valence-electron chi connectivity index (χ1n) is 8.93. The van der Waals surface area contributed by atoms with Crippen molar-refractivity contribution < 1.29 is 14.4 Å². The van der Waals surface area contributed by atoms with E-state index in [1.165, 1.54) is 11.6 Å². The predicted octanol–water partition coefficient (Wildman–Crippen LogP) is 4.01. The number of hydrogen-bond acceptors (Lipinski definition) is 5. The average Bonchev–Trinajstić information content (AvgIpc) is 3.09. The first-order valence-corrected chi connectivity index (χ1v) is 11.5. The van der Waals surface area contributed by atoms with Gasteiger partial charge in [0.15, 0.2) is 5.82 Å². The van der Waals surface area contributed by atoms with Gasteiger partial charge in [-0.05, 0) is 89.4 Å². The van der Waals surface area contributed by atoms with Gasteiger partial charge in [0.2, 0.25) is 0 Å². The van der Waals surface area contributed by atoms with E-state index >= 15 is 0 Å². The Balaban J connectivity index is 1.99. The summed E-state index contributed by atoms with van der Waals surface area (Å²) in [6.45, 7) is 3.03. The molecule has 0 spiro atoms. The minimum absolute atomic E-state index is 0.0988. The molecule has 0 bridgehead atoms. The van der Waals surface area contributed by atoms with Gasteiger partial charge < -0.3 is 10.6 Å². The molecule has 8 nitrogen and oxygen atoms in total. The van der Waals surface area contributed by atoms with Gasteiger partial charge >= 0.3 is 0 Å². The molecule has 0 atom stereocenters. The fraction of sp³-hybridized carbons (Fsp3) is 0.150. The number of pyridine rings is 1. The number of anilines is 1. The molecule has 0 saturated heterocycles. The summed E-state index contributed by atoms with van der Waals surface area (Å²) in [4.78, 5) is 41.3. The summed E-state index contributed by atoms with van der Waals surface area (Å²) >= 11 is 10.4. The first-order chi connectivity index (χ1) is 14.7. The van der Waals surface area contributed by atoms with Crippen LogP contribution in [-0.2, 0) is 4.79 Å². The number of nitrogens with zero attached hydrogens (tertiary/aromatic N) is 3. The fourth-order valence-electron chi connectivity index (χ4n) is 2.71. The van der Waals surface area contributed by atoms with E-state index in [0.717, 1.165) is 3.57 Å². The van der Waals surface area contributed by atoms with Crippen LogP contribution in [0.5, 0.6) is 0 Å². The Morgan fingerprint density at radius 1 is 1.16 bits per heavy atom. The predicted molar refractivity (Wildman–Crippen MR) is 134 cm³/mol. The van der Waals surface area contributed by atoms with Crippen LogP contribution in [0.2, 0.25) is 5.02 Å². The van der Waals surface area contributed by atoms with Crippen LogP contribution in [0.15, 0.2) is 36.5 Å². The molecule has 1 aromatic carbocycles. The second kappa shape index (κ2) is 10.0. The van der Waals surface area contributed by atoms with Crippen LogP contribution in [0.4, 0.5) is 5.69 Å². The monoisotopic (exact) mass is 663 g/mol. The number of halogens is 3. The zero-order chi connectivity index (χ0) is 22.7. The van der Waals surface area contributed by atoms with Crippen molar-refractivity contribution in [3.05, 3.63) is 65.6 Å². The van der Waals surface area contributed by atoms with E-state index in [0.29, 0.717) is 25.8 Å². The van der Waals surface area contributed by atoms with Crippen molar-refractivity contribution >= 4 is 80.1 Å². The van der Waals surface area contributed by atoms with Crippen LogP contribution in [0, 0.1) is 14.1 Å². The second-order valence-corrected chi connectivity index (χ2v) is 9.36. The van der Waals surface area contributed by atoms with Crippen LogP contribution < -0.4 is 10.6 Å². The van der Waals surface area contributed by atoms with Gasteiger partial charge in [0.05, 0.1) is 28.5 Å². The Hall–Kier alpha value is -2.06. The lowest BCUT2D eigenvalue weighted by Crippen LogP contribution is -2.30. The van der Waals surface area contributed by atoms with Gasteiger partial charge in [0.25, 0.3) is 11.8 Å². The van der Waals surface area contributed by atoms with Crippen molar-refractivity contribution in [1.82, 2.24) is 20.1 Å². The van der Waals surface area contributed by atoms with Crippen molar-refractivity contribution in [2.75, 3.05) is 11.9 Å². The van der Waals surface area contributed by atoms with Gasteiger partial charge in [-0.15, -0.1) is 0 Å². The molecule has 0 aliphatic heterocycles. The third-order valence-corrected chi connectivity index (χ3v) is 5.81. The van der Waals surface area contributed by atoms with Crippen LogP contribution in [0.1, 0.15) is 33.5 Å². The normalized spacial score (nSPS) is 10.6.